The van der Waals surface area contributed by atoms with E-state index in [0.717, 1.165) is 18.2 Å². The molecule has 1 unspecified atom stereocenters. The minimum atomic E-state index is -0.682. The summed E-state index contributed by atoms with van der Waals surface area (Å²) in [5.41, 5.74) is -1.18. The Hall–Kier alpha value is -0.780. The average Bonchev–Trinajstić information content (AvgIpc) is 2.22. The standard InChI is InChI=1S/C15H28BrNO4/c1-14(2,3)20-12(18)11(9-7-8-10-16)17-13(19)21-15(4,5)6/h11H,7-10H2,1-6H3,(H,17,19). The van der Waals surface area contributed by atoms with Crippen LogP contribution in [0.4, 0.5) is 4.79 Å². The maximum atomic E-state index is 12.1. The molecule has 6 heteroatoms. The Kier molecular flexibility index (Phi) is 8.29. The lowest BCUT2D eigenvalue weighted by Gasteiger charge is -2.26. The highest BCUT2D eigenvalue weighted by Gasteiger charge is 2.28. The molecular weight excluding hydrogens is 338 g/mol. The molecule has 0 saturated heterocycles. The van der Waals surface area contributed by atoms with Crippen molar-refractivity contribution in [2.75, 3.05) is 5.33 Å². The Balaban J connectivity index is 4.65. The van der Waals surface area contributed by atoms with E-state index in [0.29, 0.717) is 6.42 Å². The number of ether oxygens (including phenoxy) is 2. The van der Waals surface area contributed by atoms with Gasteiger partial charge in [-0.25, -0.2) is 9.59 Å². The first-order chi connectivity index (χ1) is 9.44. The van der Waals surface area contributed by atoms with E-state index < -0.39 is 29.3 Å². The number of halogens is 1. The predicted molar refractivity (Wildman–Crippen MR) is 86.6 cm³/mol. The highest BCUT2D eigenvalue weighted by Crippen LogP contribution is 2.13. The zero-order valence-electron chi connectivity index (χ0n) is 13.9. The first-order valence-electron chi connectivity index (χ1n) is 7.23. The van der Waals surface area contributed by atoms with Gasteiger partial charge in [-0.2, -0.15) is 0 Å². The molecule has 124 valence electrons. The van der Waals surface area contributed by atoms with Crippen molar-refractivity contribution in [3.05, 3.63) is 0 Å². The molecule has 0 aliphatic rings. The van der Waals surface area contributed by atoms with Gasteiger partial charge in [0.25, 0.3) is 0 Å². The second-order valence-electron chi connectivity index (χ2n) is 6.92. The maximum Gasteiger partial charge on any atom is 0.408 e. The van der Waals surface area contributed by atoms with Crippen molar-refractivity contribution in [3.63, 3.8) is 0 Å². The number of rotatable bonds is 6. The second-order valence-corrected chi connectivity index (χ2v) is 7.71. The fraction of sp³-hybridized carbons (Fsp3) is 0.867. The molecule has 21 heavy (non-hydrogen) atoms. The van der Waals surface area contributed by atoms with Crippen LogP contribution in [0.3, 0.4) is 0 Å². The maximum absolute atomic E-state index is 12.1. The van der Waals surface area contributed by atoms with E-state index in [1.165, 1.54) is 0 Å². The lowest BCUT2D eigenvalue weighted by molar-refractivity contribution is -0.157. The molecule has 0 aromatic rings. The van der Waals surface area contributed by atoms with Crippen molar-refractivity contribution < 1.29 is 19.1 Å². The number of esters is 1. The summed E-state index contributed by atoms with van der Waals surface area (Å²) < 4.78 is 10.5. The molecule has 0 aromatic carbocycles. The summed E-state index contributed by atoms with van der Waals surface area (Å²) in [5, 5.41) is 3.47. The quantitative estimate of drug-likeness (QED) is 0.441. The van der Waals surface area contributed by atoms with E-state index in [9.17, 15) is 9.59 Å². The molecule has 1 atom stereocenters. The number of carbonyl (C=O) groups is 2. The first kappa shape index (κ1) is 20.2. The topological polar surface area (TPSA) is 64.6 Å². The number of amides is 1. The minimum Gasteiger partial charge on any atom is -0.458 e. The van der Waals surface area contributed by atoms with Crippen LogP contribution in [0.5, 0.6) is 0 Å². The van der Waals surface area contributed by atoms with Gasteiger partial charge >= 0.3 is 12.1 Å². The van der Waals surface area contributed by atoms with Crippen LogP contribution in [-0.4, -0.2) is 34.6 Å². The molecule has 0 aliphatic carbocycles. The Morgan fingerprint density at radius 3 is 1.95 bits per heavy atom. The van der Waals surface area contributed by atoms with Gasteiger partial charge in [0.05, 0.1) is 0 Å². The number of hydrogen-bond donors (Lipinski definition) is 1. The lowest BCUT2D eigenvalue weighted by Crippen LogP contribution is -2.46. The largest absolute Gasteiger partial charge is 0.458 e. The van der Waals surface area contributed by atoms with Crippen molar-refractivity contribution in [1.29, 1.82) is 0 Å². The highest BCUT2D eigenvalue weighted by atomic mass is 79.9. The van der Waals surface area contributed by atoms with Crippen LogP contribution >= 0.6 is 15.9 Å². The third-order valence-corrected chi connectivity index (χ3v) is 2.82. The van der Waals surface area contributed by atoms with Gasteiger partial charge in [-0.1, -0.05) is 15.9 Å². The summed E-state index contributed by atoms with van der Waals surface area (Å²) >= 11 is 3.35. The van der Waals surface area contributed by atoms with Crippen LogP contribution in [0.1, 0.15) is 60.8 Å². The molecular formula is C15H28BrNO4. The smallest absolute Gasteiger partial charge is 0.408 e. The zero-order valence-corrected chi connectivity index (χ0v) is 15.5. The number of carbonyl (C=O) groups excluding carboxylic acids is 2. The van der Waals surface area contributed by atoms with Gasteiger partial charge in [0, 0.05) is 5.33 Å². The highest BCUT2D eigenvalue weighted by molar-refractivity contribution is 9.09. The molecule has 0 radical (unpaired) electrons. The number of unbranched alkanes of at least 4 members (excludes halogenated alkanes) is 1. The van der Waals surface area contributed by atoms with Gasteiger partial charge in [0.15, 0.2) is 0 Å². The van der Waals surface area contributed by atoms with Crippen LogP contribution in [0.25, 0.3) is 0 Å². The van der Waals surface area contributed by atoms with Crippen LogP contribution in [0.2, 0.25) is 0 Å². The Morgan fingerprint density at radius 2 is 1.52 bits per heavy atom. The molecule has 0 heterocycles. The Bertz CT molecular complexity index is 345. The summed E-state index contributed by atoms with van der Waals surface area (Å²) in [7, 11) is 0. The number of nitrogens with one attached hydrogen (secondary N) is 1. The van der Waals surface area contributed by atoms with Crippen molar-refractivity contribution in [2.24, 2.45) is 0 Å². The summed E-state index contributed by atoms with van der Waals surface area (Å²) in [5.74, 6) is -0.428. The van der Waals surface area contributed by atoms with Crippen molar-refractivity contribution in [2.45, 2.75) is 78.0 Å². The van der Waals surface area contributed by atoms with E-state index in [1.54, 1.807) is 41.5 Å². The molecule has 0 aliphatic heterocycles. The summed E-state index contributed by atoms with van der Waals surface area (Å²) in [6.45, 7) is 10.7. The SMILES string of the molecule is CC(C)(C)OC(=O)NC(CCCCBr)C(=O)OC(C)(C)C. The molecule has 0 fully saturated rings. The first-order valence-corrected chi connectivity index (χ1v) is 8.35. The summed E-state index contributed by atoms with van der Waals surface area (Å²) in [6.07, 6.45) is 1.66. The summed E-state index contributed by atoms with van der Waals surface area (Å²) in [4.78, 5) is 24.0. The monoisotopic (exact) mass is 365 g/mol. The van der Waals surface area contributed by atoms with Crippen molar-refractivity contribution in [3.8, 4) is 0 Å². The molecule has 0 bridgehead atoms. The molecule has 0 spiro atoms. The van der Waals surface area contributed by atoms with E-state index in [4.69, 9.17) is 9.47 Å². The molecule has 1 N–H and O–H groups in total. The second kappa shape index (κ2) is 8.61. The van der Waals surface area contributed by atoms with Gasteiger partial charge in [0.1, 0.15) is 17.2 Å². The van der Waals surface area contributed by atoms with Crippen LogP contribution in [-0.2, 0) is 14.3 Å². The Morgan fingerprint density at radius 1 is 1.00 bits per heavy atom. The van der Waals surface area contributed by atoms with Gasteiger partial charge in [0.2, 0.25) is 0 Å². The molecule has 5 nitrogen and oxygen atoms in total. The fourth-order valence-electron chi connectivity index (χ4n) is 1.51. The third-order valence-electron chi connectivity index (χ3n) is 2.26. The van der Waals surface area contributed by atoms with Crippen LogP contribution < -0.4 is 5.32 Å². The van der Waals surface area contributed by atoms with Gasteiger partial charge in [-0.15, -0.1) is 0 Å². The molecule has 0 saturated carbocycles. The van der Waals surface area contributed by atoms with Crippen LogP contribution in [0.15, 0.2) is 0 Å². The van der Waals surface area contributed by atoms with Crippen molar-refractivity contribution in [1.82, 2.24) is 5.32 Å². The molecule has 1 amide bonds. The van der Waals surface area contributed by atoms with E-state index in [-0.39, 0.29) is 0 Å². The normalized spacial score (nSPS) is 13.5. The molecule has 0 aromatic heterocycles. The average molecular weight is 366 g/mol. The van der Waals surface area contributed by atoms with Gasteiger partial charge in [-0.05, 0) is 60.8 Å². The lowest BCUT2D eigenvalue weighted by atomic mass is 10.1. The zero-order chi connectivity index (χ0) is 16.7. The van der Waals surface area contributed by atoms with Crippen molar-refractivity contribution >= 4 is 28.0 Å². The van der Waals surface area contributed by atoms with Crippen LogP contribution in [0, 0.1) is 0 Å². The minimum absolute atomic E-state index is 0.428. The summed E-state index contributed by atoms with van der Waals surface area (Å²) in [6, 6.07) is -0.682. The van der Waals surface area contributed by atoms with Gasteiger partial charge in [-0.3, -0.25) is 0 Å². The number of alkyl carbamates (subject to hydrolysis) is 1. The van der Waals surface area contributed by atoms with E-state index in [1.807, 2.05) is 0 Å². The number of alkyl halides is 1. The Labute approximate surface area is 136 Å². The fourth-order valence-corrected chi connectivity index (χ4v) is 1.91. The van der Waals surface area contributed by atoms with E-state index in [2.05, 4.69) is 21.2 Å². The van der Waals surface area contributed by atoms with E-state index >= 15 is 0 Å². The number of hydrogen-bond acceptors (Lipinski definition) is 4. The van der Waals surface area contributed by atoms with Gasteiger partial charge < -0.3 is 14.8 Å². The third kappa shape index (κ3) is 11.5. The predicted octanol–water partition coefficient (Wildman–Crippen LogP) is 3.79. The molecule has 0 rings (SSSR count).